The van der Waals surface area contributed by atoms with Gasteiger partial charge >= 0.3 is 0 Å². The van der Waals surface area contributed by atoms with Gasteiger partial charge in [0.2, 0.25) is 0 Å². The van der Waals surface area contributed by atoms with E-state index in [0.717, 1.165) is 35.0 Å². The predicted molar refractivity (Wildman–Crippen MR) is 109 cm³/mol. The first-order valence-corrected chi connectivity index (χ1v) is 10.9. The van der Waals surface area contributed by atoms with Crippen molar-refractivity contribution in [3.05, 3.63) is 32.2 Å². The van der Waals surface area contributed by atoms with Crippen LogP contribution in [0.15, 0.2) is 21.1 Å². The topological polar surface area (TPSA) is 18.5 Å². The van der Waals surface area contributed by atoms with Gasteiger partial charge in [-0.15, -0.1) is 0 Å². The van der Waals surface area contributed by atoms with Crippen LogP contribution < -0.4 is 0 Å². The molecular weight excluding hydrogens is 432 g/mol. The number of hydrogen-bond acceptors (Lipinski definition) is 2. The fraction of sp³-hybridized carbons (Fsp3) is 0.700. The van der Waals surface area contributed by atoms with E-state index in [4.69, 9.17) is 9.47 Å². The van der Waals surface area contributed by atoms with Crippen LogP contribution in [-0.2, 0) is 22.7 Å². The first kappa shape index (κ1) is 22.1. The maximum absolute atomic E-state index is 5.87. The standard InChI is InChI=1S/C20H32Br2O2/c1-3-5-7-9-11-23-15-17-13-19(21)20(22)14-18(17)16-24-12-10-8-6-4-2/h13-14H,3-12,15-16H2,1-2H3. The summed E-state index contributed by atoms with van der Waals surface area (Å²) in [5.74, 6) is 0. The lowest BCUT2D eigenvalue weighted by Gasteiger charge is -2.13. The van der Waals surface area contributed by atoms with Crippen LogP contribution in [0.2, 0.25) is 0 Å². The summed E-state index contributed by atoms with van der Waals surface area (Å²) >= 11 is 7.18. The van der Waals surface area contributed by atoms with Crippen molar-refractivity contribution in [2.24, 2.45) is 0 Å². The number of rotatable bonds is 14. The molecule has 0 heterocycles. The minimum absolute atomic E-state index is 0.659. The van der Waals surface area contributed by atoms with Crippen molar-refractivity contribution in [1.29, 1.82) is 0 Å². The van der Waals surface area contributed by atoms with Gasteiger partial charge < -0.3 is 9.47 Å². The average molecular weight is 464 g/mol. The summed E-state index contributed by atoms with van der Waals surface area (Å²) in [4.78, 5) is 0. The molecule has 0 aromatic heterocycles. The van der Waals surface area contributed by atoms with Crippen molar-refractivity contribution in [2.45, 2.75) is 78.4 Å². The van der Waals surface area contributed by atoms with Crippen LogP contribution in [0.5, 0.6) is 0 Å². The maximum atomic E-state index is 5.87. The summed E-state index contributed by atoms with van der Waals surface area (Å²) < 4.78 is 13.9. The lowest BCUT2D eigenvalue weighted by atomic mass is 10.1. The molecule has 0 aliphatic heterocycles. The highest BCUT2D eigenvalue weighted by Crippen LogP contribution is 2.28. The zero-order chi connectivity index (χ0) is 17.6. The highest BCUT2D eigenvalue weighted by Gasteiger charge is 2.08. The quantitative estimate of drug-likeness (QED) is 0.267. The third-order valence-corrected chi connectivity index (χ3v) is 5.89. The second-order valence-electron chi connectivity index (χ2n) is 6.26. The Morgan fingerprint density at radius 2 is 1.08 bits per heavy atom. The van der Waals surface area contributed by atoms with E-state index in [1.54, 1.807) is 0 Å². The van der Waals surface area contributed by atoms with Crippen molar-refractivity contribution in [2.75, 3.05) is 13.2 Å². The Balaban J connectivity index is 2.42. The van der Waals surface area contributed by atoms with Crippen LogP contribution in [0.4, 0.5) is 0 Å². The molecule has 1 aromatic carbocycles. The third-order valence-electron chi connectivity index (χ3n) is 4.04. The van der Waals surface area contributed by atoms with E-state index in [1.807, 2.05) is 0 Å². The van der Waals surface area contributed by atoms with E-state index in [0.29, 0.717) is 13.2 Å². The lowest BCUT2D eigenvalue weighted by molar-refractivity contribution is 0.103. The smallest absolute Gasteiger partial charge is 0.0720 e. The summed E-state index contributed by atoms with van der Waals surface area (Å²) in [5.41, 5.74) is 2.43. The van der Waals surface area contributed by atoms with E-state index in [-0.39, 0.29) is 0 Å². The van der Waals surface area contributed by atoms with Crippen molar-refractivity contribution < 1.29 is 9.47 Å². The Morgan fingerprint density at radius 3 is 1.46 bits per heavy atom. The fourth-order valence-electron chi connectivity index (χ4n) is 2.52. The summed E-state index contributed by atoms with van der Waals surface area (Å²) in [7, 11) is 0. The maximum Gasteiger partial charge on any atom is 0.0720 e. The molecule has 0 unspecified atom stereocenters. The number of hydrogen-bond donors (Lipinski definition) is 0. The van der Waals surface area contributed by atoms with Crippen LogP contribution >= 0.6 is 31.9 Å². The molecule has 0 radical (unpaired) electrons. The molecule has 1 aromatic rings. The molecule has 0 amide bonds. The van der Waals surface area contributed by atoms with E-state index in [1.165, 1.54) is 49.7 Å². The first-order chi connectivity index (χ1) is 11.7. The van der Waals surface area contributed by atoms with Gasteiger partial charge in [0, 0.05) is 22.2 Å². The Kier molecular flexibility index (Phi) is 13.2. The number of ether oxygens (including phenoxy) is 2. The normalized spacial score (nSPS) is 11.2. The highest BCUT2D eigenvalue weighted by atomic mass is 79.9. The van der Waals surface area contributed by atoms with Gasteiger partial charge in [0.15, 0.2) is 0 Å². The Hall–Kier alpha value is 0.1000. The molecule has 0 spiro atoms. The molecule has 0 saturated heterocycles. The summed E-state index contributed by atoms with van der Waals surface area (Å²) in [6, 6.07) is 4.29. The Bertz CT molecular complexity index is 409. The second kappa shape index (κ2) is 14.3. The second-order valence-corrected chi connectivity index (χ2v) is 7.97. The molecule has 0 atom stereocenters. The van der Waals surface area contributed by atoms with E-state index >= 15 is 0 Å². The molecule has 0 fully saturated rings. The molecule has 0 N–H and O–H groups in total. The van der Waals surface area contributed by atoms with Gasteiger partial charge in [0.1, 0.15) is 0 Å². The van der Waals surface area contributed by atoms with Gasteiger partial charge in [-0.2, -0.15) is 0 Å². The van der Waals surface area contributed by atoms with Gasteiger partial charge in [-0.05, 0) is 68.0 Å². The summed E-state index contributed by atoms with van der Waals surface area (Å²) in [6.45, 7) is 7.46. The summed E-state index contributed by atoms with van der Waals surface area (Å²) in [5, 5.41) is 0. The molecule has 24 heavy (non-hydrogen) atoms. The SMILES string of the molecule is CCCCCCOCc1cc(Br)c(Br)cc1COCCCCCC. The van der Waals surface area contributed by atoms with Crippen LogP contribution in [0.25, 0.3) is 0 Å². The van der Waals surface area contributed by atoms with Gasteiger partial charge in [-0.1, -0.05) is 52.4 Å². The minimum Gasteiger partial charge on any atom is -0.377 e. The van der Waals surface area contributed by atoms with Crippen LogP contribution in [0.1, 0.15) is 76.3 Å². The molecule has 0 aliphatic carbocycles. The number of benzene rings is 1. The average Bonchev–Trinajstić information content (AvgIpc) is 2.57. The van der Waals surface area contributed by atoms with Crippen LogP contribution in [-0.4, -0.2) is 13.2 Å². The van der Waals surface area contributed by atoms with E-state index in [9.17, 15) is 0 Å². The van der Waals surface area contributed by atoms with Gasteiger partial charge in [-0.25, -0.2) is 0 Å². The number of unbranched alkanes of at least 4 members (excludes halogenated alkanes) is 6. The molecule has 0 saturated carbocycles. The number of halogens is 2. The van der Waals surface area contributed by atoms with E-state index in [2.05, 4.69) is 57.8 Å². The molecule has 0 bridgehead atoms. The highest BCUT2D eigenvalue weighted by molar-refractivity contribution is 9.13. The van der Waals surface area contributed by atoms with Crippen LogP contribution in [0.3, 0.4) is 0 Å². The summed E-state index contributed by atoms with van der Waals surface area (Å²) in [6.07, 6.45) is 9.93. The molecule has 138 valence electrons. The van der Waals surface area contributed by atoms with Gasteiger partial charge in [0.05, 0.1) is 13.2 Å². The van der Waals surface area contributed by atoms with Crippen molar-refractivity contribution in [3.8, 4) is 0 Å². The zero-order valence-electron chi connectivity index (χ0n) is 15.2. The molecule has 4 heteroatoms. The monoisotopic (exact) mass is 462 g/mol. The van der Waals surface area contributed by atoms with Crippen molar-refractivity contribution in [3.63, 3.8) is 0 Å². The fourth-order valence-corrected chi connectivity index (χ4v) is 3.31. The van der Waals surface area contributed by atoms with Gasteiger partial charge in [0.25, 0.3) is 0 Å². The molecular formula is C20H32Br2O2. The predicted octanol–water partition coefficient (Wildman–Crippen LogP) is 7.41. The largest absolute Gasteiger partial charge is 0.377 e. The Labute approximate surface area is 165 Å². The minimum atomic E-state index is 0.659. The van der Waals surface area contributed by atoms with Crippen LogP contribution in [0, 0.1) is 0 Å². The van der Waals surface area contributed by atoms with Gasteiger partial charge in [-0.3, -0.25) is 0 Å². The van der Waals surface area contributed by atoms with Crippen molar-refractivity contribution in [1.82, 2.24) is 0 Å². The third kappa shape index (κ3) is 9.55. The van der Waals surface area contributed by atoms with E-state index < -0.39 is 0 Å². The van der Waals surface area contributed by atoms with Crippen molar-refractivity contribution >= 4 is 31.9 Å². The molecule has 0 aliphatic rings. The molecule has 2 nitrogen and oxygen atoms in total. The first-order valence-electron chi connectivity index (χ1n) is 9.31. The molecule has 1 rings (SSSR count). The zero-order valence-corrected chi connectivity index (χ0v) is 18.4. The lowest BCUT2D eigenvalue weighted by Crippen LogP contribution is -2.03. The Morgan fingerprint density at radius 1 is 0.667 bits per heavy atom.